The van der Waals surface area contributed by atoms with Crippen molar-refractivity contribution in [1.29, 1.82) is 0 Å². The molecule has 1 aromatic heterocycles. The van der Waals surface area contributed by atoms with Crippen molar-refractivity contribution in [2.24, 2.45) is 0 Å². The van der Waals surface area contributed by atoms with Crippen molar-refractivity contribution < 1.29 is 18.7 Å². The summed E-state index contributed by atoms with van der Waals surface area (Å²) in [6, 6.07) is 8.23. The fourth-order valence-corrected chi connectivity index (χ4v) is 3.99. The Hall–Kier alpha value is -2.88. The van der Waals surface area contributed by atoms with Crippen molar-refractivity contribution in [3.8, 4) is 16.9 Å². The number of aldehydes is 1. The smallest absolute Gasteiger partial charge is 0.308 e. The van der Waals surface area contributed by atoms with Gasteiger partial charge in [0.2, 0.25) is 0 Å². The Morgan fingerprint density at radius 3 is 1.97 bits per heavy atom. The highest BCUT2D eigenvalue weighted by atomic mass is 16.5. The summed E-state index contributed by atoms with van der Waals surface area (Å²) in [5, 5.41) is 0.929. The van der Waals surface area contributed by atoms with Crippen molar-refractivity contribution in [1.82, 2.24) is 0 Å². The number of hydrogen-bond acceptors (Lipinski definition) is 4. The van der Waals surface area contributed by atoms with Crippen LogP contribution < -0.4 is 4.74 Å². The van der Waals surface area contributed by atoms with Crippen molar-refractivity contribution in [3.63, 3.8) is 0 Å². The van der Waals surface area contributed by atoms with Crippen molar-refractivity contribution in [2.75, 3.05) is 0 Å². The number of ether oxygens (including phenoxy) is 1. The van der Waals surface area contributed by atoms with E-state index in [1.54, 1.807) is 0 Å². The first-order valence-electron chi connectivity index (χ1n) is 10.6. The van der Waals surface area contributed by atoms with Gasteiger partial charge in [0.25, 0.3) is 0 Å². The summed E-state index contributed by atoms with van der Waals surface area (Å²) >= 11 is 0. The highest BCUT2D eigenvalue weighted by Gasteiger charge is 2.28. The van der Waals surface area contributed by atoms with E-state index in [0.29, 0.717) is 11.5 Å². The molecule has 0 spiro atoms. The second-order valence-electron chi connectivity index (χ2n) is 10.4. The van der Waals surface area contributed by atoms with Crippen LogP contribution in [0.4, 0.5) is 0 Å². The summed E-state index contributed by atoms with van der Waals surface area (Å²) in [7, 11) is 0. The van der Waals surface area contributed by atoms with Crippen LogP contribution in [0.25, 0.3) is 22.1 Å². The monoisotopic (exact) mass is 420 g/mol. The van der Waals surface area contributed by atoms with Crippen molar-refractivity contribution in [3.05, 3.63) is 52.3 Å². The number of esters is 1. The lowest BCUT2D eigenvalue weighted by Gasteiger charge is -2.25. The minimum atomic E-state index is -0.356. The highest BCUT2D eigenvalue weighted by molar-refractivity contribution is 6.04. The van der Waals surface area contributed by atoms with Crippen LogP contribution in [0, 0.1) is 13.8 Å². The second-order valence-corrected chi connectivity index (χ2v) is 10.4. The summed E-state index contributed by atoms with van der Waals surface area (Å²) in [5.74, 6) is 0.513. The average Bonchev–Trinajstić information content (AvgIpc) is 3.00. The van der Waals surface area contributed by atoms with Crippen LogP contribution in [-0.2, 0) is 15.6 Å². The van der Waals surface area contributed by atoms with Gasteiger partial charge in [0.05, 0.1) is 0 Å². The zero-order chi connectivity index (χ0) is 23.3. The Balaban J connectivity index is 2.40. The van der Waals surface area contributed by atoms with Gasteiger partial charge < -0.3 is 9.15 Å². The Kier molecular flexibility index (Phi) is 5.64. The predicted octanol–water partition coefficient (Wildman–Crippen LogP) is 7.05. The first kappa shape index (κ1) is 22.8. The molecule has 4 heteroatoms. The largest absolute Gasteiger partial charge is 0.452 e. The van der Waals surface area contributed by atoms with Gasteiger partial charge in [0, 0.05) is 23.4 Å². The van der Waals surface area contributed by atoms with Gasteiger partial charge in [-0.05, 0) is 65.1 Å². The summed E-state index contributed by atoms with van der Waals surface area (Å²) in [6.45, 7) is 18.2. The van der Waals surface area contributed by atoms with Gasteiger partial charge in [-0.1, -0.05) is 47.6 Å². The maximum absolute atomic E-state index is 12.0. The molecule has 0 atom stereocenters. The number of rotatable bonds is 3. The van der Waals surface area contributed by atoms with Crippen LogP contribution in [-0.4, -0.2) is 12.3 Å². The van der Waals surface area contributed by atoms with Gasteiger partial charge in [-0.25, -0.2) is 0 Å². The fraction of sp³-hybridized carbons (Fsp3) is 0.407. The van der Waals surface area contributed by atoms with E-state index in [2.05, 4.69) is 53.7 Å². The fourth-order valence-electron chi connectivity index (χ4n) is 3.99. The second kappa shape index (κ2) is 7.67. The summed E-state index contributed by atoms with van der Waals surface area (Å²) in [4.78, 5) is 23.5. The minimum absolute atomic E-state index is 0.0604. The lowest BCUT2D eigenvalue weighted by atomic mass is 9.79. The molecule has 3 aromatic rings. The Bertz CT molecular complexity index is 1160. The van der Waals surface area contributed by atoms with Crippen LogP contribution in [0.1, 0.15) is 81.3 Å². The number of carbonyl (C=O) groups is 2. The van der Waals surface area contributed by atoms with Gasteiger partial charge in [-0.2, -0.15) is 0 Å². The molecule has 3 rings (SSSR count). The number of hydrogen-bond donors (Lipinski definition) is 0. The van der Waals surface area contributed by atoms with Crippen LogP contribution in [0.5, 0.6) is 5.75 Å². The summed E-state index contributed by atoms with van der Waals surface area (Å²) in [5.41, 5.74) is 6.12. The Morgan fingerprint density at radius 2 is 1.52 bits per heavy atom. The van der Waals surface area contributed by atoms with Gasteiger partial charge >= 0.3 is 5.97 Å². The van der Waals surface area contributed by atoms with Gasteiger partial charge in [-0.3, -0.25) is 9.59 Å². The topological polar surface area (TPSA) is 56.5 Å². The number of carbonyl (C=O) groups excluding carboxylic acids is 2. The molecule has 1 heterocycles. The van der Waals surface area contributed by atoms with Crippen molar-refractivity contribution >= 4 is 23.2 Å². The normalized spacial score (nSPS) is 12.3. The molecule has 0 fully saturated rings. The predicted molar refractivity (Wildman–Crippen MR) is 125 cm³/mol. The Morgan fingerprint density at radius 1 is 0.935 bits per heavy atom. The van der Waals surface area contributed by atoms with Gasteiger partial charge in [0.15, 0.2) is 12.0 Å². The van der Waals surface area contributed by atoms with E-state index in [9.17, 15) is 9.59 Å². The quantitative estimate of drug-likeness (QED) is 0.259. The average molecular weight is 421 g/mol. The lowest BCUT2D eigenvalue weighted by molar-refractivity contribution is -0.131. The minimum Gasteiger partial charge on any atom is -0.452 e. The third kappa shape index (κ3) is 4.30. The van der Waals surface area contributed by atoms with E-state index in [1.165, 1.54) is 12.5 Å². The number of benzene rings is 2. The van der Waals surface area contributed by atoms with E-state index in [4.69, 9.17) is 9.15 Å². The molecule has 0 unspecified atom stereocenters. The van der Waals surface area contributed by atoms with Gasteiger partial charge in [0.1, 0.15) is 11.3 Å². The summed E-state index contributed by atoms with van der Waals surface area (Å²) in [6.07, 6.45) is 0.781. The zero-order valence-electron chi connectivity index (χ0n) is 20.0. The van der Waals surface area contributed by atoms with Crippen LogP contribution in [0.15, 0.2) is 28.7 Å². The standard InChI is InChI=1S/C27H32O4/c1-15-10-18(11-16(2)24(15)30-17(3)29)23-20-12-19(26(4,5)6)13-21(27(7,8)9)25(20)31-22(23)14-28/h10-14H,1-9H3. The highest BCUT2D eigenvalue weighted by Crippen LogP contribution is 2.43. The molecular formula is C27H32O4. The van der Waals surface area contributed by atoms with Crippen LogP contribution in [0.3, 0.4) is 0 Å². The molecule has 0 saturated heterocycles. The first-order chi connectivity index (χ1) is 14.2. The molecule has 0 aliphatic rings. The van der Waals surface area contributed by atoms with E-state index < -0.39 is 0 Å². The molecule has 0 aliphatic heterocycles. The third-order valence-electron chi connectivity index (χ3n) is 5.59. The van der Waals surface area contributed by atoms with Gasteiger partial charge in [-0.15, -0.1) is 0 Å². The molecule has 0 bridgehead atoms. The summed E-state index contributed by atoms with van der Waals surface area (Å²) < 4.78 is 11.5. The van der Waals surface area contributed by atoms with E-state index in [-0.39, 0.29) is 16.8 Å². The van der Waals surface area contributed by atoms with Crippen LogP contribution in [0.2, 0.25) is 0 Å². The molecule has 4 nitrogen and oxygen atoms in total. The zero-order valence-corrected chi connectivity index (χ0v) is 20.0. The maximum Gasteiger partial charge on any atom is 0.308 e. The number of furan rings is 1. The van der Waals surface area contributed by atoms with Crippen LogP contribution >= 0.6 is 0 Å². The lowest BCUT2D eigenvalue weighted by Crippen LogP contribution is -2.16. The van der Waals surface area contributed by atoms with E-state index in [0.717, 1.165) is 45.1 Å². The number of aryl methyl sites for hydroxylation is 2. The molecule has 0 N–H and O–H groups in total. The number of fused-ring (bicyclic) bond motifs is 1. The Labute approximate surface area is 184 Å². The molecule has 31 heavy (non-hydrogen) atoms. The third-order valence-corrected chi connectivity index (χ3v) is 5.59. The molecule has 0 amide bonds. The maximum atomic E-state index is 12.0. The van der Waals surface area contributed by atoms with Crippen molar-refractivity contribution in [2.45, 2.75) is 73.1 Å². The van der Waals surface area contributed by atoms with E-state index in [1.807, 2.05) is 26.0 Å². The molecule has 0 saturated carbocycles. The molecular weight excluding hydrogens is 388 g/mol. The molecule has 0 radical (unpaired) electrons. The van der Waals surface area contributed by atoms with E-state index >= 15 is 0 Å². The SMILES string of the molecule is CC(=O)Oc1c(C)cc(-c2c(C=O)oc3c(C(C)(C)C)cc(C(C)(C)C)cc23)cc1C. The molecule has 0 aliphatic carbocycles. The molecule has 2 aromatic carbocycles. The first-order valence-corrected chi connectivity index (χ1v) is 10.6. The molecule has 164 valence electrons.